The average Bonchev–Trinajstić information content (AvgIpc) is 2.68. The fraction of sp³-hybridized carbons (Fsp3) is 0.381. The van der Waals surface area contributed by atoms with Crippen molar-refractivity contribution < 1.29 is 17.6 Å². The molecule has 0 unspecified atom stereocenters. The number of aryl methyl sites for hydroxylation is 1. The topological polar surface area (TPSA) is 69.7 Å². The largest absolute Gasteiger partial charge is 0.367 e. The number of hydrogen-bond donors (Lipinski definition) is 1. The Morgan fingerprint density at radius 2 is 1.79 bits per heavy atom. The fourth-order valence-electron chi connectivity index (χ4n) is 3.43. The molecule has 0 radical (unpaired) electrons. The van der Waals surface area contributed by atoms with Gasteiger partial charge in [-0.3, -0.25) is 4.79 Å². The van der Waals surface area contributed by atoms with Gasteiger partial charge in [0.25, 0.3) is 0 Å². The summed E-state index contributed by atoms with van der Waals surface area (Å²) < 4.78 is 40.5. The molecule has 3 rings (SSSR count). The summed E-state index contributed by atoms with van der Waals surface area (Å²) in [5.74, 6) is -0.651. The second kappa shape index (κ2) is 9.37. The molecular formula is C21H26FN3O3S. The molecule has 0 bridgehead atoms. The molecule has 1 aliphatic heterocycles. The van der Waals surface area contributed by atoms with Crippen LogP contribution in [-0.2, 0) is 21.2 Å². The summed E-state index contributed by atoms with van der Waals surface area (Å²) >= 11 is 0. The van der Waals surface area contributed by atoms with Crippen LogP contribution in [0, 0.1) is 12.7 Å². The molecule has 0 atom stereocenters. The third kappa shape index (κ3) is 5.77. The summed E-state index contributed by atoms with van der Waals surface area (Å²) in [6.07, 6.45) is 0.225. The zero-order chi connectivity index (χ0) is 20.9. The van der Waals surface area contributed by atoms with Gasteiger partial charge in [-0.25, -0.2) is 12.8 Å². The number of sulfonamides is 1. The van der Waals surface area contributed by atoms with Crippen molar-refractivity contribution in [1.82, 2.24) is 9.62 Å². The Morgan fingerprint density at radius 3 is 2.48 bits per heavy atom. The summed E-state index contributed by atoms with van der Waals surface area (Å²) in [6, 6.07) is 14.2. The maximum Gasteiger partial charge on any atom is 0.224 e. The molecule has 0 spiro atoms. The monoisotopic (exact) mass is 419 g/mol. The number of anilines is 1. The number of rotatable bonds is 7. The number of halogens is 1. The molecule has 1 amide bonds. The standard InChI is InChI=1S/C21H26FN3O3S/c1-17-5-4-6-18(15-17)16-21(26)23-9-14-29(27,28)25-12-10-24(11-13-25)20-8-3-2-7-19(20)22/h2-8,15H,9-14,16H2,1H3,(H,23,26). The van der Waals surface area contributed by atoms with Gasteiger partial charge in [-0.15, -0.1) is 0 Å². The van der Waals surface area contributed by atoms with Gasteiger partial charge in [-0.05, 0) is 24.6 Å². The molecule has 1 N–H and O–H groups in total. The van der Waals surface area contributed by atoms with Gasteiger partial charge in [0, 0.05) is 32.7 Å². The molecule has 0 saturated carbocycles. The number of nitrogens with one attached hydrogen (secondary N) is 1. The summed E-state index contributed by atoms with van der Waals surface area (Å²) in [6.45, 7) is 3.49. The SMILES string of the molecule is Cc1cccc(CC(=O)NCCS(=O)(=O)N2CCN(c3ccccc3F)CC2)c1. The zero-order valence-electron chi connectivity index (χ0n) is 16.5. The van der Waals surface area contributed by atoms with Crippen LogP contribution in [0.25, 0.3) is 0 Å². The van der Waals surface area contributed by atoms with Crippen LogP contribution in [0.3, 0.4) is 0 Å². The van der Waals surface area contributed by atoms with E-state index < -0.39 is 10.0 Å². The molecule has 1 aliphatic rings. The molecule has 0 aromatic heterocycles. The van der Waals surface area contributed by atoms with Crippen molar-refractivity contribution >= 4 is 21.6 Å². The first-order valence-electron chi connectivity index (χ1n) is 9.65. The van der Waals surface area contributed by atoms with Crippen LogP contribution in [0.5, 0.6) is 0 Å². The van der Waals surface area contributed by atoms with Gasteiger partial charge in [0.05, 0.1) is 17.9 Å². The predicted octanol–water partition coefficient (Wildman–Crippen LogP) is 1.94. The summed E-state index contributed by atoms with van der Waals surface area (Å²) in [5.41, 5.74) is 2.47. The first-order valence-corrected chi connectivity index (χ1v) is 11.3. The lowest BCUT2D eigenvalue weighted by molar-refractivity contribution is -0.120. The molecule has 6 nitrogen and oxygen atoms in total. The highest BCUT2D eigenvalue weighted by molar-refractivity contribution is 7.89. The van der Waals surface area contributed by atoms with E-state index in [9.17, 15) is 17.6 Å². The van der Waals surface area contributed by atoms with Crippen LogP contribution in [0.4, 0.5) is 10.1 Å². The van der Waals surface area contributed by atoms with E-state index in [1.54, 1.807) is 18.2 Å². The quantitative estimate of drug-likeness (QED) is 0.745. The Kier molecular flexibility index (Phi) is 6.87. The van der Waals surface area contributed by atoms with Crippen LogP contribution >= 0.6 is 0 Å². The Balaban J connectivity index is 1.45. The Labute approximate surface area is 171 Å². The van der Waals surface area contributed by atoms with Crippen molar-refractivity contribution in [2.75, 3.05) is 43.4 Å². The number of hydrogen-bond acceptors (Lipinski definition) is 4. The first kappa shape index (κ1) is 21.3. The zero-order valence-corrected chi connectivity index (χ0v) is 17.3. The minimum Gasteiger partial charge on any atom is -0.367 e. The van der Waals surface area contributed by atoms with Gasteiger partial charge >= 0.3 is 0 Å². The van der Waals surface area contributed by atoms with Gasteiger partial charge in [0.2, 0.25) is 15.9 Å². The average molecular weight is 420 g/mol. The van der Waals surface area contributed by atoms with Crippen LogP contribution < -0.4 is 10.2 Å². The van der Waals surface area contributed by atoms with Crippen molar-refractivity contribution in [3.8, 4) is 0 Å². The number of benzene rings is 2. The highest BCUT2D eigenvalue weighted by Gasteiger charge is 2.27. The van der Waals surface area contributed by atoms with Crippen molar-refractivity contribution in [2.24, 2.45) is 0 Å². The molecule has 2 aromatic carbocycles. The molecule has 2 aromatic rings. The van der Waals surface area contributed by atoms with Gasteiger partial charge in [0.15, 0.2) is 0 Å². The lowest BCUT2D eigenvalue weighted by Gasteiger charge is -2.35. The lowest BCUT2D eigenvalue weighted by Crippen LogP contribution is -2.50. The second-order valence-electron chi connectivity index (χ2n) is 7.17. The lowest BCUT2D eigenvalue weighted by atomic mass is 10.1. The summed E-state index contributed by atoms with van der Waals surface area (Å²) in [4.78, 5) is 13.9. The van der Waals surface area contributed by atoms with E-state index in [4.69, 9.17) is 0 Å². The minimum absolute atomic E-state index is 0.0700. The van der Waals surface area contributed by atoms with E-state index in [1.807, 2.05) is 36.1 Å². The Hall–Kier alpha value is -2.45. The number of carbonyl (C=O) groups is 1. The predicted molar refractivity (Wildman–Crippen MR) is 112 cm³/mol. The van der Waals surface area contributed by atoms with Crippen LogP contribution in [0.15, 0.2) is 48.5 Å². The second-order valence-corrected chi connectivity index (χ2v) is 9.26. The van der Waals surface area contributed by atoms with E-state index in [1.165, 1.54) is 10.4 Å². The van der Waals surface area contributed by atoms with E-state index >= 15 is 0 Å². The minimum atomic E-state index is -3.48. The molecule has 8 heteroatoms. The normalized spacial score (nSPS) is 15.3. The number of nitrogens with zero attached hydrogens (tertiary/aromatic N) is 2. The van der Waals surface area contributed by atoms with E-state index in [0.717, 1.165) is 11.1 Å². The number of piperazine rings is 1. The Morgan fingerprint density at radius 1 is 1.07 bits per heavy atom. The van der Waals surface area contributed by atoms with Gasteiger partial charge in [-0.1, -0.05) is 42.0 Å². The number of para-hydroxylation sites is 1. The molecule has 156 valence electrons. The fourth-order valence-corrected chi connectivity index (χ4v) is 4.77. The van der Waals surface area contributed by atoms with Crippen LogP contribution in [-0.4, -0.2) is 57.1 Å². The maximum atomic E-state index is 13.9. The van der Waals surface area contributed by atoms with Crippen molar-refractivity contribution in [3.05, 3.63) is 65.5 Å². The highest BCUT2D eigenvalue weighted by atomic mass is 32.2. The van der Waals surface area contributed by atoms with Crippen molar-refractivity contribution in [2.45, 2.75) is 13.3 Å². The maximum absolute atomic E-state index is 13.9. The molecule has 0 aliphatic carbocycles. The third-order valence-electron chi connectivity index (χ3n) is 4.95. The van der Waals surface area contributed by atoms with E-state index in [0.29, 0.717) is 31.9 Å². The molecule has 1 heterocycles. The summed E-state index contributed by atoms with van der Waals surface area (Å²) in [5, 5.41) is 2.68. The first-order chi connectivity index (χ1) is 13.8. The number of carbonyl (C=O) groups excluding carboxylic acids is 1. The van der Waals surface area contributed by atoms with Gasteiger partial charge in [-0.2, -0.15) is 4.31 Å². The molecule has 1 saturated heterocycles. The third-order valence-corrected chi connectivity index (χ3v) is 6.83. The van der Waals surface area contributed by atoms with Gasteiger partial charge < -0.3 is 10.2 Å². The number of amides is 1. The van der Waals surface area contributed by atoms with E-state index in [-0.39, 0.29) is 30.4 Å². The van der Waals surface area contributed by atoms with Gasteiger partial charge in [0.1, 0.15) is 5.82 Å². The summed E-state index contributed by atoms with van der Waals surface area (Å²) in [7, 11) is -3.48. The van der Waals surface area contributed by atoms with Crippen LogP contribution in [0.1, 0.15) is 11.1 Å². The van der Waals surface area contributed by atoms with E-state index in [2.05, 4.69) is 5.32 Å². The smallest absolute Gasteiger partial charge is 0.224 e. The molecule has 1 fully saturated rings. The van der Waals surface area contributed by atoms with Crippen molar-refractivity contribution in [1.29, 1.82) is 0 Å². The van der Waals surface area contributed by atoms with Crippen LogP contribution in [0.2, 0.25) is 0 Å². The molecule has 29 heavy (non-hydrogen) atoms. The Bertz CT molecular complexity index is 957. The van der Waals surface area contributed by atoms with Crippen molar-refractivity contribution in [3.63, 3.8) is 0 Å². The molecular weight excluding hydrogens is 393 g/mol. The highest BCUT2D eigenvalue weighted by Crippen LogP contribution is 2.21.